The predicted molar refractivity (Wildman–Crippen MR) is 166 cm³/mol. The number of pyridine rings is 1. The summed E-state index contributed by atoms with van der Waals surface area (Å²) in [7, 11) is 0. The SMILES string of the molecule is c1ccc(-c2ccc(-c3ccc4c(c3)c3ccccc3c3nc5cc6c(cn5c43)oc3ccccc36)cc2)cc1. The van der Waals surface area contributed by atoms with E-state index in [1.54, 1.807) is 0 Å². The normalized spacial score (nSPS) is 12.0. The fraction of sp³-hybridized carbons (Fsp3) is 0. The van der Waals surface area contributed by atoms with Crippen LogP contribution in [0.3, 0.4) is 0 Å². The summed E-state index contributed by atoms with van der Waals surface area (Å²) in [6.45, 7) is 0. The topological polar surface area (TPSA) is 30.4 Å². The Kier molecular flexibility index (Phi) is 4.33. The van der Waals surface area contributed by atoms with Crippen molar-refractivity contribution in [1.29, 1.82) is 0 Å². The van der Waals surface area contributed by atoms with E-state index in [-0.39, 0.29) is 0 Å². The summed E-state index contributed by atoms with van der Waals surface area (Å²) >= 11 is 0. The molecule has 3 heterocycles. The number of aromatic nitrogens is 2. The fourth-order valence-electron chi connectivity index (χ4n) is 6.27. The highest BCUT2D eigenvalue weighted by Crippen LogP contribution is 2.39. The van der Waals surface area contributed by atoms with E-state index >= 15 is 0 Å². The molecule has 0 N–H and O–H groups in total. The van der Waals surface area contributed by atoms with Crippen LogP contribution < -0.4 is 0 Å². The van der Waals surface area contributed by atoms with Crippen molar-refractivity contribution in [3.8, 4) is 22.3 Å². The highest BCUT2D eigenvalue weighted by Gasteiger charge is 2.17. The second-order valence-electron chi connectivity index (χ2n) is 10.4. The average Bonchev–Trinajstić information content (AvgIpc) is 3.58. The molecule has 0 aliphatic heterocycles. The molecule has 0 unspecified atom stereocenters. The number of para-hydroxylation sites is 1. The Bertz CT molecular complexity index is 2410. The zero-order chi connectivity index (χ0) is 26.2. The molecule has 0 atom stereocenters. The lowest BCUT2D eigenvalue weighted by molar-refractivity contribution is 0.666. The van der Waals surface area contributed by atoms with Gasteiger partial charge in [-0.3, -0.25) is 4.40 Å². The molecule has 0 aliphatic carbocycles. The van der Waals surface area contributed by atoms with Crippen molar-refractivity contribution in [2.45, 2.75) is 0 Å². The first-order chi connectivity index (χ1) is 19.8. The molecular weight excluding hydrogens is 488 g/mol. The first kappa shape index (κ1) is 21.5. The second-order valence-corrected chi connectivity index (χ2v) is 10.4. The molecule has 40 heavy (non-hydrogen) atoms. The Morgan fingerprint density at radius 1 is 0.450 bits per heavy atom. The van der Waals surface area contributed by atoms with Gasteiger partial charge in [-0.25, -0.2) is 4.98 Å². The summed E-state index contributed by atoms with van der Waals surface area (Å²) in [4.78, 5) is 5.17. The number of fused-ring (bicyclic) bond motifs is 11. The van der Waals surface area contributed by atoms with Gasteiger partial charge in [0.05, 0.1) is 17.2 Å². The van der Waals surface area contributed by atoms with Gasteiger partial charge in [-0.1, -0.05) is 109 Å². The van der Waals surface area contributed by atoms with Crippen LogP contribution in [0, 0.1) is 0 Å². The van der Waals surface area contributed by atoms with Gasteiger partial charge in [0.1, 0.15) is 11.2 Å². The molecule has 0 radical (unpaired) electrons. The molecule has 3 nitrogen and oxygen atoms in total. The number of benzene rings is 6. The molecule has 9 aromatic rings. The van der Waals surface area contributed by atoms with E-state index in [2.05, 4.69) is 126 Å². The summed E-state index contributed by atoms with van der Waals surface area (Å²) in [5.41, 5.74) is 9.66. The van der Waals surface area contributed by atoms with E-state index in [4.69, 9.17) is 9.40 Å². The molecular formula is C37H22N2O. The summed E-state index contributed by atoms with van der Waals surface area (Å²) in [5, 5.41) is 6.98. The minimum Gasteiger partial charge on any atom is -0.455 e. The predicted octanol–water partition coefficient (Wildman–Crippen LogP) is 10.0. The van der Waals surface area contributed by atoms with E-state index in [1.807, 2.05) is 12.1 Å². The van der Waals surface area contributed by atoms with Crippen LogP contribution in [0.1, 0.15) is 0 Å². The van der Waals surface area contributed by atoms with Gasteiger partial charge in [-0.2, -0.15) is 0 Å². The Balaban J connectivity index is 1.30. The Morgan fingerprint density at radius 2 is 1.10 bits per heavy atom. The maximum Gasteiger partial charge on any atom is 0.152 e. The van der Waals surface area contributed by atoms with Crippen molar-refractivity contribution in [3.63, 3.8) is 0 Å². The molecule has 6 aromatic carbocycles. The maximum atomic E-state index is 6.25. The molecule has 0 saturated heterocycles. The van der Waals surface area contributed by atoms with Crippen LogP contribution >= 0.6 is 0 Å². The smallest absolute Gasteiger partial charge is 0.152 e. The third-order valence-corrected chi connectivity index (χ3v) is 8.19. The van der Waals surface area contributed by atoms with Crippen molar-refractivity contribution in [2.24, 2.45) is 0 Å². The van der Waals surface area contributed by atoms with E-state index in [9.17, 15) is 0 Å². The second kappa shape index (κ2) is 8.05. The maximum absolute atomic E-state index is 6.25. The highest BCUT2D eigenvalue weighted by atomic mass is 16.3. The molecule has 0 aliphatic rings. The van der Waals surface area contributed by atoms with E-state index in [0.717, 1.165) is 44.0 Å². The standard InChI is InChI=1S/C37H22N2O/c1-2-8-23(9-3-1)24-14-16-25(17-15-24)26-18-19-30-31(20-26)27-10-4-5-12-29(27)36-37(30)39-22-34-32(21-35(39)38-36)28-11-6-7-13-33(28)40-34/h1-22H. The van der Waals surface area contributed by atoms with Crippen LogP contribution in [0.15, 0.2) is 138 Å². The van der Waals surface area contributed by atoms with E-state index in [1.165, 1.54) is 38.4 Å². The molecule has 3 heteroatoms. The Labute approximate surface area is 229 Å². The lowest BCUT2D eigenvalue weighted by Gasteiger charge is -2.10. The zero-order valence-corrected chi connectivity index (χ0v) is 21.5. The lowest BCUT2D eigenvalue weighted by atomic mass is 9.95. The molecule has 3 aromatic heterocycles. The Hall–Kier alpha value is -5.41. The quantitative estimate of drug-likeness (QED) is 0.217. The summed E-state index contributed by atoms with van der Waals surface area (Å²) in [6.07, 6.45) is 2.10. The largest absolute Gasteiger partial charge is 0.455 e. The van der Waals surface area contributed by atoms with Crippen LogP contribution in [0.2, 0.25) is 0 Å². The van der Waals surface area contributed by atoms with Gasteiger partial charge in [-0.05, 0) is 51.2 Å². The van der Waals surface area contributed by atoms with E-state index < -0.39 is 0 Å². The van der Waals surface area contributed by atoms with E-state index in [0.29, 0.717) is 0 Å². The first-order valence-corrected chi connectivity index (χ1v) is 13.6. The number of rotatable bonds is 2. The molecule has 0 amide bonds. The van der Waals surface area contributed by atoms with Gasteiger partial charge in [0.15, 0.2) is 5.58 Å². The Morgan fingerprint density at radius 3 is 1.93 bits per heavy atom. The molecule has 0 fully saturated rings. The molecule has 0 saturated carbocycles. The van der Waals surface area contributed by atoms with Crippen molar-refractivity contribution >= 4 is 60.2 Å². The first-order valence-electron chi connectivity index (χ1n) is 13.6. The third kappa shape index (κ3) is 3.03. The molecule has 0 spiro atoms. The van der Waals surface area contributed by atoms with Gasteiger partial charge >= 0.3 is 0 Å². The third-order valence-electron chi connectivity index (χ3n) is 8.19. The van der Waals surface area contributed by atoms with Crippen LogP contribution in [0.25, 0.3) is 82.4 Å². The van der Waals surface area contributed by atoms with Crippen LogP contribution in [-0.4, -0.2) is 9.38 Å². The number of nitrogens with zero attached hydrogens (tertiary/aromatic N) is 2. The zero-order valence-electron chi connectivity index (χ0n) is 21.5. The summed E-state index contributed by atoms with van der Waals surface area (Å²) < 4.78 is 8.45. The number of imidazole rings is 1. The van der Waals surface area contributed by atoms with Crippen LogP contribution in [0.4, 0.5) is 0 Å². The minimum absolute atomic E-state index is 0.865. The van der Waals surface area contributed by atoms with Gasteiger partial charge in [0.2, 0.25) is 0 Å². The molecule has 186 valence electrons. The molecule has 0 bridgehead atoms. The van der Waals surface area contributed by atoms with Crippen LogP contribution in [0.5, 0.6) is 0 Å². The van der Waals surface area contributed by atoms with Gasteiger partial charge in [0.25, 0.3) is 0 Å². The molecule has 9 rings (SSSR count). The lowest BCUT2D eigenvalue weighted by Crippen LogP contribution is -1.88. The number of furan rings is 1. The number of hydrogen-bond donors (Lipinski definition) is 0. The van der Waals surface area contributed by atoms with Gasteiger partial charge in [-0.15, -0.1) is 0 Å². The highest BCUT2D eigenvalue weighted by molar-refractivity contribution is 6.25. The van der Waals surface area contributed by atoms with Crippen molar-refractivity contribution in [3.05, 3.63) is 134 Å². The average molecular weight is 511 g/mol. The van der Waals surface area contributed by atoms with Crippen molar-refractivity contribution < 1.29 is 4.42 Å². The number of hydrogen-bond acceptors (Lipinski definition) is 2. The minimum atomic E-state index is 0.865. The van der Waals surface area contributed by atoms with Crippen LogP contribution in [-0.2, 0) is 0 Å². The summed E-state index contributed by atoms with van der Waals surface area (Å²) in [6, 6.07) is 45.1. The van der Waals surface area contributed by atoms with Crippen molar-refractivity contribution in [1.82, 2.24) is 9.38 Å². The van der Waals surface area contributed by atoms with Gasteiger partial charge < -0.3 is 4.42 Å². The fourth-order valence-corrected chi connectivity index (χ4v) is 6.27. The van der Waals surface area contributed by atoms with Crippen molar-refractivity contribution in [2.75, 3.05) is 0 Å². The van der Waals surface area contributed by atoms with Gasteiger partial charge in [0, 0.05) is 21.5 Å². The summed E-state index contributed by atoms with van der Waals surface area (Å²) in [5.74, 6) is 0. The monoisotopic (exact) mass is 510 g/mol.